The highest BCUT2D eigenvalue weighted by Crippen LogP contribution is 2.38. The molecule has 2 aliphatic carbocycles. The number of Topliss-reactive ketones (excluding diaryl/α,β-unsaturated/α-hetero) is 1. The second-order valence-corrected chi connectivity index (χ2v) is 5.17. The second kappa shape index (κ2) is 4.84. The molecule has 100 valence electrons. The van der Waals surface area contributed by atoms with Gasteiger partial charge in [-0.15, -0.1) is 0 Å². The summed E-state index contributed by atoms with van der Waals surface area (Å²) in [5.41, 5.74) is 7.61. The molecule has 0 aromatic rings. The molecule has 0 bridgehead atoms. The molecule has 2 aliphatic rings. The average molecular weight is 253 g/mol. The number of ketones is 1. The Balaban J connectivity index is 2.27. The van der Waals surface area contributed by atoms with E-state index in [1.807, 2.05) is 6.92 Å². The maximum atomic E-state index is 11.9. The van der Waals surface area contributed by atoms with Crippen molar-refractivity contribution < 1.29 is 20.1 Å². The van der Waals surface area contributed by atoms with Crippen molar-refractivity contribution in [3.8, 4) is 0 Å². The molecular weight excluding hydrogens is 234 g/mol. The van der Waals surface area contributed by atoms with E-state index < -0.39 is 18.1 Å². The standard InChI is InChI=1S/C13H19NO4/c1-6-2-8(11(16)4-10(6)14)9-3-7(5-15)12(17)13(9)18/h2,7,9,12-13,15,17-18H,3-5,14H2,1H3/t7-,9?,12-,13+/m1/s1. The third-order valence-electron chi connectivity index (χ3n) is 3.99. The number of allylic oxidation sites excluding steroid dienone is 3. The molecule has 1 saturated carbocycles. The minimum Gasteiger partial charge on any atom is -0.401 e. The highest BCUT2D eigenvalue weighted by atomic mass is 16.3. The lowest BCUT2D eigenvalue weighted by atomic mass is 9.85. The van der Waals surface area contributed by atoms with Gasteiger partial charge in [-0.2, -0.15) is 0 Å². The van der Waals surface area contributed by atoms with Crippen LogP contribution in [-0.4, -0.2) is 39.9 Å². The Morgan fingerprint density at radius 2 is 2.06 bits per heavy atom. The molecule has 4 atom stereocenters. The number of carbonyl (C=O) groups is 1. The van der Waals surface area contributed by atoms with Gasteiger partial charge in [0.2, 0.25) is 0 Å². The maximum Gasteiger partial charge on any atom is 0.165 e. The molecule has 5 nitrogen and oxygen atoms in total. The summed E-state index contributed by atoms with van der Waals surface area (Å²) in [6.07, 6.45) is 0.313. The van der Waals surface area contributed by atoms with Crippen molar-refractivity contribution in [3.05, 3.63) is 22.9 Å². The fourth-order valence-corrected chi connectivity index (χ4v) is 2.75. The summed E-state index contributed by atoms with van der Waals surface area (Å²) in [5, 5.41) is 28.9. The summed E-state index contributed by atoms with van der Waals surface area (Å²) >= 11 is 0. The summed E-state index contributed by atoms with van der Waals surface area (Å²) in [4.78, 5) is 11.9. The zero-order valence-corrected chi connectivity index (χ0v) is 10.3. The first-order valence-electron chi connectivity index (χ1n) is 6.12. The van der Waals surface area contributed by atoms with Gasteiger partial charge in [-0.1, -0.05) is 6.08 Å². The Hall–Kier alpha value is -1.17. The van der Waals surface area contributed by atoms with E-state index in [0.717, 1.165) is 5.57 Å². The molecular formula is C13H19NO4. The molecule has 1 unspecified atom stereocenters. The van der Waals surface area contributed by atoms with Gasteiger partial charge in [0.15, 0.2) is 5.78 Å². The van der Waals surface area contributed by atoms with Crippen molar-refractivity contribution in [2.45, 2.75) is 32.0 Å². The van der Waals surface area contributed by atoms with Gasteiger partial charge in [0, 0.05) is 29.7 Å². The van der Waals surface area contributed by atoms with E-state index in [0.29, 0.717) is 17.7 Å². The van der Waals surface area contributed by atoms with Crippen LogP contribution >= 0.6 is 0 Å². The first-order chi connectivity index (χ1) is 8.45. The van der Waals surface area contributed by atoms with Crippen molar-refractivity contribution in [1.29, 1.82) is 0 Å². The van der Waals surface area contributed by atoms with Crippen LogP contribution in [-0.2, 0) is 4.79 Å². The largest absolute Gasteiger partial charge is 0.401 e. The van der Waals surface area contributed by atoms with Gasteiger partial charge in [0.05, 0.1) is 18.6 Å². The predicted octanol–water partition coefficient (Wildman–Crippen LogP) is -0.532. The Kier molecular flexibility index (Phi) is 3.56. The summed E-state index contributed by atoms with van der Waals surface area (Å²) < 4.78 is 0. The van der Waals surface area contributed by atoms with Gasteiger partial charge in [0.25, 0.3) is 0 Å². The van der Waals surface area contributed by atoms with E-state index in [4.69, 9.17) is 10.8 Å². The highest BCUT2D eigenvalue weighted by molar-refractivity contribution is 5.99. The number of rotatable bonds is 2. The van der Waals surface area contributed by atoms with E-state index in [1.54, 1.807) is 6.08 Å². The lowest BCUT2D eigenvalue weighted by Gasteiger charge is -2.22. The number of nitrogens with two attached hydrogens (primary N) is 1. The fraction of sp³-hybridized carbons (Fsp3) is 0.615. The second-order valence-electron chi connectivity index (χ2n) is 5.17. The van der Waals surface area contributed by atoms with Crippen LogP contribution in [0, 0.1) is 11.8 Å². The molecule has 2 rings (SSSR count). The van der Waals surface area contributed by atoms with E-state index in [-0.39, 0.29) is 24.7 Å². The molecule has 0 aromatic carbocycles. The van der Waals surface area contributed by atoms with Crippen LogP contribution in [0.5, 0.6) is 0 Å². The Labute approximate surface area is 106 Å². The van der Waals surface area contributed by atoms with E-state index in [9.17, 15) is 15.0 Å². The quantitative estimate of drug-likeness (QED) is 0.529. The first-order valence-corrected chi connectivity index (χ1v) is 6.12. The van der Waals surface area contributed by atoms with Crippen molar-refractivity contribution in [3.63, 3.8) is 0 Å². The smallest absolute Gasteiger partial charge is 0.165 e. The molecule has 5 N–H and O–H groups in total. The van der Waals surface area contributed by atoms with Crippen LogP contribution in [0.2, 0.25) is 0 Å². The fourth-order valence-electron chi connectivity index (χ4n) is 2.75. The molecule has 0 spiro atoms. The third kappa shape index (κ3) is 2.09. The van der Waals surface area contributed by atoms with E-state index in [2.05, 4.69) is 0 Å². The van der Waals surface area contributed by atoms with Crippen LogP contribution in [0.3, 0.4) is 0 Å². The first kappa shape index (κ1) is 13.3. The number of hydrogen-bond donors (Lipinski definition) is 4. The van der Waals surface area contributed by atoms with Gasteiger partial charge in [0.1, 0.15) is 0 Å². The summed E-state index contributed by atoms with van der Waals surface area (Å²) in [7, 11) is 0. The Bertz CT molecular complexity index is 427. The van der Waals surface area contributed by atoms with Gasteiger partial charge >= 0.3 is 0 Å². The van der Waals surface area contributed by atoms with Gasteiger partial charge in [-0.05, 0) is 18.9 Å². The SMILES string of the molecule is CC1=C(N)CC(=O)C(C2C[C@H](CO)[C@@H](O)[C@H]2O)=C1. The van der Waals surface area contributed by atoms with Crippen molar-refractivity contribution in [1.82, 2.24) is 0 Å². The Morgan fingerprint density at radius 3 is 2.61 bits per heavy atom. The molecule has 0 heterocycles. The van der Waals surface area contributed by atoms with Crippen molar-refractivity contribution in [2.24, 2.45) is 17.6 Å². The van der Waals surface area contributed by atoms with Crippen molar-refractivity contribution >= 4 is 5.78 Å². The molecule has 0 aliphatic heterocycles. The molecule has 0 radical (unpaired) electrons. The lowest BCUT2D eigenvalue weighted by Crippen LogP contribution is -2.32. The molecule has 0 saturated heterocycles. The zero-order chi connectivity index (χ0) is 13.4. The van der Waals surface area contributed by atoms with E-state index >= 15 is 0 Å². The number of aliphatic hydroxyl groups excluding tert-OH is 3. The molecule has 5 heteroatoms. The van der Waals surface area contributed by atoms with Crippen molar-refractivity contribution in [2.75, 3.05) is 6.61 Å². The Morgan fingerprint density at radius 1 is 1.39 bits per heavy atom. The van der Waals surface area contributed by atoms with Crippen LogP contribution in [0.15, 0.2) is 22.9 Å². The van der Waals surface area contributed by atoms with Crippen LogP contribution in [0.1, 0.15) is 19.8 Å². The molecule has 18 heavy (non-hydrogen) atoms. The normalized spacial score (nSPS) is 37.1. The average Bonchev–Trinajstić information content (AvgIpc) is 2.61. The third-order valence-corrected chi connectivity index (χ3v) is 3.99. The summed E-state index contributed by atoms with van der Waals surface area (Å²) in [5.74, 6) is -0.886. The number of hydrogen-bond acceptors (Lipinski definition) is 5. The van der Waals surface area contributed by atoms with Crippen LogP contribution < -0.4 is 5.73 Å². The lowest BCUT2D eigenvalue weighted by molar-refractivity contribution is -0.116. The van der Waals surface area contributed by atoms with E-state index in [1.165, 1.54) is 0 Å². The molecule has 1 fully saturated rings. The summed E-state index contributed by atoms with van der Waals surface area (Å²) in [6.45, 7) is 1.64. The highest BCUT2D eigenvalue weighted by Gasteiger charge is 2.44. The number of carbonyl (C=O) groups excluding carboxylic acids is 1. The minimum absolute atomic E-state index is 0.104. The number of aliphatic hydroxyl groups is 3. The minimum atomic E-state index is -0.996. The monoisotopic (exact) mass is 253 g/mol. The predicted molar refractivity (Wildman–Crippen MR) is 65.3 cm³/mol. The molecule has 0 aromatic heterocycles. The zero-order valence-electron chi connectivity index (χ0n) is 10.3. The topological polar surface area (TPSA) is 104 Å². The van der Waals surface area contributed by atoms with Crippen LogP contribution in [0.25, 0.3) is 0 Å². The van der Waals surface area contributed by atoms with Crippen LogP contribution in [0.4, 0.5) is 0 Å². The van der Waals surface area contributed by atoms with Gasteiger partial charge < -0.3 is 21.1 Å². The van der Waals surface area contributed by atoms with Gasteiger partial charge in [-0.25, -0.2) is 0 Å². The van der Waals surface area contributed by atoms with Gasteiger partial charge in [-0.3, -0.25) is 4.79 Å². The molecule has 0 amide bonds. The maximum absolute atomic E-state index is 11.9. The summed E-state index contributed by atoms with van der Waals surface area (Å²) in [6, 6.07) is 0.